The van der Waals surface area contributed by atoms with Crippen LogP contribution in [-0.2, 0) is 4.74 Å². The Morgan fingerprint density at radius 1 is 1.67 bits per heavy atom. The lowest BCUT2D eigenvalue weighted by atomic mass is 10.1. The maximum absolute atomic E-state index is 12.3. The van der Waals surface area contributed by atoms with Crippen molar-refractivity contribution in [3.05, 3.63) is 29.0 Å². The van der Waals surface area contributed by atoms with Crippen LogP contribution in [0, 0.1) is 5.92 Å². The standard InChI is InChI=1S/C13H17ClN2O2/c1-2-16(8-10-4-6-18-9-10)13(17)11-3-5-15-12(14)7-11/h3,5,7,10H,2,4,6,8-9H2,1H3. The van der Waals surface area contributed by atoms with E-state index in [0.29, 0.717) is 23.2 Å². The van der Waals surface area contributed by atoms with Crippen LogP contribution in [0.1, 0.15) is 23.7 Å². The second-order valence-corrected chi connectivity index (χ2v) is 4.83. The van der Waals surface area contributed by atoms with Crippen LogP contribution in [0.25, 0.3) is 0 Å². The average molecular weight is 269 g/mol. The predicted molar refractivity (Wildman–Crippen MR) is 69.8 cm³/mol. The Labute approximate surface area is 112 Å². The number of nitrogens with zero attached hydrogens (tertiary/aromatic N) is 2. The van der Waals surface area contributed by atoms with Gasteiger partial charge in [0.2, 0.25) is 0 Å². The van der Waals surface area contributed by atoms with Gasteiger partial charge in [-0.3, -0.25) is 4.79 Å². The van der Waals surface area contributed by atoms with E-state index in [2.05, 4.69) is 4.98 Å². The highest BCUT2D eigenvalue weighted by atomic mass is 35.5. The van der Waals surface area contributed by atoms with Gasteiger partial charge in [0, 0.05) is 37.4 Å². The van der Waals surface area contributed by atoms with Crippen molar-refractivity contribution in [1.29, 1.82) is 0 Å². The molecule has 4 nitrogen and oxygen atoms in total. The molecule has 5 heteroatoms. The Kier molecular flexibility index (Phi) is 4.55. The number of hydrogen-bond donors (Lipinski definition) is 0. The molecule has 1 aliphatic heterocycles. The van der Waals surface area contributed by atoms with Gasteiger partial charge in [-0.05, 0) is 25.5 Å². The molecule has 0 spiro atoms. The Balaban J connectivity index is 2.04. The first kappa shape index (κ1) is 13.3. The third-order valence-corrected chi connectivity index (χ3v) is 3.35. The van der Waals surface area contributed by atoms with E-state index in [1.807, 2.05) is 11.8 Å². The molecule has 98 valence electrons. The third kappa shape index (κ3) is 3.21. The molecule has 0 radical (unpaired) electrons. The van der Waals surface area contributed by atoms with Crippen molar-refractivity contribution in [2.45, 2.75) is 13.3 Å². The largest absolute Gasteiger partial charge is 0.381 e. The normalized spacial score (nSPS) is 18.9. The second-order valence-electron chi connectivity index (χ2n) is 4.44. The quantitative estimate of drug-likeness (QED) is 0.787. The summed E-state index contributed by atoms with van der Waals surface area (Å²) in [6.45, 7) is 4.97. The third-order valence-electron chi connectivity index (χ3n) is 3.15. The Morgan fingerprint density at radius 2 is 2.50 bits per heavy atom. The van der Waals surface area contributed by atoms with E-state index >= 15 is 0 Å². The smallest absolute Gasteiger partial charge is 0.254 e. The Hall–Kier alpha value is -1.13. The Bertz CT molecular complexity index is 419. The van der Waals surface area contributed by atoms with E-state index < -0.39 is 0 Å². The molecule has 1 atom stereocenters. The first-order valence-corrected chi connectivity index (χ1v) is 6.57. The van der Waals surface area contributed by atoms with Crippen molar-refractivity contribution >= 4 is 17.5 Å². The van der Waals surface area contributed by atoms with Crippen LogP contribution in [0.3, 0.4) is 0 Å². The first-order valence-electron chi connectivity index (χ1n) is 6.19. The van der Waals surface area contributed by atoms with Gasteiger partial charge in [0.15, 0.2) is 0 Å². The van der Waals surface area contributed by atoms with E-state index in [1.54, 1.807) is 18.3 Å². The van der Waals surface area contributed by atoms with Crippen molar-refractivity contribution in [2.75, 3.05) is 26.3 Å². The van der Waals surface area contributed by atoms with Crippen molar-refractivity contribution < 1.29 is 9.53 Å². The molecule has 1 fully saturated rings. The van der Waals surface area contributed by atoms with E-state index in [1.165, 1.54) is 0 Å². The molecule has 2 rings (SSSR count). The highest BCUT2D eigenvalue weighted by Gasteiger charge is 2.22. The summed E-state index contributed by atoms with van der Waals surface area (Å²) in [6, 6.07) is 3.31. The molecule has 0 saturated carbocycles. The number of hydrogen-bond acceptors (Lipinski definition) is 3. The number of carbonyl (C=O) groups excluding carboxylic acids is 1. The average Bonchev–Trinajstić information content (AvgIpc) is 2.88. The fourth-order valence-electron chi connectivity index (χ4n) is 2.11. The SMILES string of the molecule is CCN(CC1CCOC1)C(=O)c1ccnc(Cl)c1. The van der Waals surface area contributed by atoms with Gasteiger partial charge < -0.3 is 9.64 Å². The minimum absolute atomic E-state index is 0.00806. The minimum atomic E-state index is 0.00806. The zero-order chi connectivity index (χ0) is 13.0. The molecule has 0 bridgehead atoms. The molecule has 0 aromatic carbocycles. The minimum Gasteiger partial charge on any atom is -0.381 e. The van der Waals surface area contributed by atoms with E-state index in [-0.39, 0.29) is 5.91 Å². The summed E-state index contributed by atoms with van der Waals surface area (Å²) in [6.07, 6.45) is 2.59. The van der Waals surface area contributed by atoms with Crippen LogP contribution in [0.4, 0.5) is 0 Å². The number of amides is 1. The molecule has 1 aromatic heterocycles. The van der Waals surface area contributed by atoms with Gasteiger partial charge in [-0.25, -0.2) is 4.98 Å². The number of pyridine rings is 1. The fraction of sp³-hybridized carbons (Fsp3) is 0.538. The number of rotatable bonds is 4. The fourth-order valence-corrected chi connectivity index (χ4v) is 2.29. The summed E-state index contributed by atoms with van der Waals surface area (Å²) in [7, 11) is 0. The second kappa shape index (κ2) is 6.16. The monoisotopic (exact) mass is 268 g/mol. The molecule has 0 N–H and O–H groups in total. The highest BCUT2D eigenvalue weighted by Crippen LogP contribution is 2.16. The topological polar surface area (TPSA) is 42.4 Å². The molecule has 1 amide bonds. The van der Waals surface area contributed by atoms with E-state index in [0.717, 1.165) is 26.2 Å². The summed E-state index contributed by atoms with van der Waals surface area (Å²) in [5, 5.41) is 0.348. The zero-order valence-electron chi connectivity index (χ0n) is 10.4. The maximum atomic E-state index is 12.3. The van der Waals surface area contributed by atoms with Crippen LogP contribution < -0.4 is 0 Å². The molecule has 1 saturated heterocycles. The summed E-state index contributed by atoms with van der Waals surface area (Å²) in [4.78, 5) is 18.0. The molecule has 2 heterocycles. The van der Waals surface area contributed by atoms with Gasteiger partial charge in [0.05, 0.1) is 6.61 Å². The van der Waals surface area contributed by atoms with Crippen LogP contribution >= 0.6 is 11.6 Å². The van der Waals surface area contributed by atoms with Gasteiger partial charge in [0.1, 0.15) is 5.15 Å². The highest BCUT2D eigenvalue weighted by molar-refractivity contribution is 6.29. The first-order chi connectivity index (χ1) is 8.70. The van der Waals surface area contributed by atoms with E-state index in [4.69, 9.17) is 16.3 Å². The van der Waals surface area contributed by atoms with Crippen molar-refractivity contribution in [2.24, 2.45) is 5.92 Å². The van der Waals surface area contributed by atoms with Gasteiger partial charge >= 0.3 is 0 Å². The van der Waals surface area contributed by atoms with E-state index in [9.17, 15) is 4.79 Å². The van der Waals surface area contributed by atoms with Crippen LogP contribution in [0.2, 0.25) is 5.15 Å². The number of aromatic nitrogens is 1. The summed E-state index contributed by atoms with van der Waals surface area (Å²) in [5.74, 6) is 0.458. The molecular formula is C13H17ClN2O2. The lowest BCUT2D eigenvalue weighted by molar-refractivity contribution is 0.0730. The number of ether oxygens (including phenoxy) is 1. The summed E-state index contributed by atoms with van der Waals surface area (Å²) in [5.41, 5.74) is 0.593. The van der Waals surface area contributed by atoms with Crippen LogP contribution in [-0.4, -0.2) is 42.1 Å². The molecule has 0 aliphatic carbocycles. The van der Waals surface area contributed by atoms with Crippen molar-refractivity contribution in [3.8, 4) is 0 Å². The van der Waals surface area contributed by atoms with Crippen LogP contribution in [0.5, 0.6) is 0 Å². The van der Waals surface area contributed by atoms with Gasteiger partial charge in [-0.1, -0.05) is 11.6 Å². The van der Waals surface area contributed by atoms with Crippen LogP contribution in [0.15, 0.2) is 18.3 Å². The van der Waals surface area contributed by atoms with Gasteiger partial charge in [-0.2, -0.15) is 0 Å². The molecule has 1 aliphatic rings. The summed E-state index contributed by atoms with van der Waals surface area (Å²) >= 11 is 5.81. The Morgan fingerprint density at radius 3 is 3.11 bits per heavy atom. The molecule has 18 heavy (non-hydrogen) atoms. The molecule has 1 unspecified atom stereocenters. The molecular weight excluding hydrogens is 252 g/mol. The predicted octanol–water partition coefficient (Wildman–Crippen LogP) is 2.23. The lowest BCUT2D eigenvalue weighted by Gasteiger charge is -2.23. The van der Waals surface area contributed by atoms with Gasteiger partial charge in [-0.15, -0.1) is 0 Å². The van der Waals surface area contributed by atoms with Crippen molar-refractivity contribution in [1.82, 2.24) is 9.88 Å². The van der Waals surface area contributed by atoms with Gasteiger partial charge in [0.25, 0.3) is 5.91 Å². The summed E-state index contributed by atoms with van der Waals surface area (Å²) < 4.78 is 5.34. The number of halogens is 1. The van der Waals surface area contributed by atoms with Crippen molar-refractivity contribution in [3.63, 3.8) is 0 Å². The zero-order valence-corrected chi connectivity index (χ0v) is 11.2. The molecule has 1 aromatic rings. The lowest BCUT2D eigenvalue weighted by Crippen LogP contribution is -2.35. The number of carbonyl (C=O) groups is 1. The maximum Gasteiger partial charge on any atom is 0.254 e.